The highest BCUT2D eigenvalue weighted by Crippen LogP contribution is 2.28. The Labute approximate surface area is 142 Å². The van der Waals surface area contributed by atoms with Gasteiger partial charge in [0.1, 0.15) is 6.33 Å². The maximum absolute atomic E-state index is 12.6. The number of amides is 2. The predicted molar refractivity (Wildman–Crippen MR) is 94.0 cm³/mol. The van der Waals surface area contributed by atoms with Gasteiger partial charge in [-0.05, 0) is 56.7 Å². The van der Waals surface area contributed by atoms with Gasteiger partial charge in [-0.1, -0.05) is 12.1 Å². The number of aromatic nitrogens is 3. The third-order valence-electron chi connectivity index (χ3n) is 4.57. The van der Waals surface area contributed by atoms with Gasteiger partial charge >= 0.3 is 6.03 Å². The van der Waals surface area contributed by atoms with Crippen LogP contribution in [0.4, 0.5) is 10.5 Å². The number of aryl methyl sites for hydroxylation is 1. The minimum absolute atomic E-state index is 0.118. The number of fused-ring (bicyclic) bond motifs is 1. The SMILES string of the molecule is CC(C)n1cnnc1CN(C)C(=O)Nc1cccc2c1CCCC2. The number of hydrogen-bond donors (Lipinski definition) is 1. The molecule has 0 spiro atoms. The number of carbonyl (C=O) groups is 1. The summed E-state index contributed by atoms with van der Waals surface area (Å²) in [5, 5.41) is 11.1. The summed E-state index contributed by atoms with van der Waals surface area (Å²) in [7, 11) is 1.78. The summed E-state index contributed by atoms with van der Waals surface area (Å²) in [5.74, 6) is 0.790. The van der Waals surface area contributed by atoms with Crippen molar-refractivity contribution in [3.05, 3.63) is 41.5 Å². The normalized spacial score (nSPS) is 13.7. The number of nitrogens with zero attached hydrogens (tertiary/aromatic N) is 4. The average Bonchev–Trinajstić information content (AvgIpc) is 3.03. The van der Waals surface area contributed by atoms with Gasteiger partial charge in [-0.2, -0.15) is 0 Å². The molecule has 0 saturated heterocycles. The molecule has 6 nitrogen and oxygen atoms in total. The van der Waals surface area contributed by atoms with Crippen LogP contribution in [0, 0.1) is 0 Å². The van der Waals surface area contributed by atoms with Crippen molar-refractivity contribution in [2.24, 2.45) is 0 Å². The first kappa shape index (κ1) is 16.5. The van der Waals surface area contributed by atoms with E-state index in [1.165, 1.54) is 24.0 Å². The first-order valence-electron chi connectivity index (χ1n) is 8.57. The molecule has 1 heterocycles. The zero-order valence-electron chi connectivity index (χ0n) is 14.6. The second-order valence-corrected chi connectivity index (χ2v) is 6.68. The van der Waals surface area contributed by atoms with Gasteiger partial charge < -0.3 is 14.8 Å². The van der Waals surface area contributed by atoms with E-state index in [2.05, 4.69) is 35.4 Å². The second-order valence-electron chi connectivity index (χ2n) is 6.68. The fourth-order valence-electron chi connectivity index (χ4n) is 3.20. The largest absolute Gasteiger partial charge is 0.322 e. The van der Waals surface area contributed by atoms with E-state index >= 15 is 0 Å². The standard InChI is InChI=1S/C18H25N5O/c1-13(2)23-12-19-21-17(23)11-22(3)18(24)20-16-10-6-8-14-7-4-5-9-15(14)16/h6,8,10,12-13H,4-5,7,9,11H2,1-3H3,(H,20,24). The number of hydrogen-bond acceptors (Lipinski definition) is 3. The van der Waals surface area contributed by atoms with Gasteiger partial charge in [0.25, 0.3) is 0 Å². The van der Waals surface area contributed by atoms with Crippen LogP contribution in [0.15, 0.2) is 24.5 Å². The number of rotatable bonds is 4. The van der Waals surface area contributed by atoms with Crippen LogP contribution in [0.3, 0.4) is 0 Å². The van der Waals surface area contributed by atoms with E-state index < -0.39 is 0 Å². The Balaban J connectivity index is 1.70. The van der Waals surface area contributed by atoms with E-state index in [-0.39, 0.29) is 12.1 Å². The van der Waals surface area contributed by atoms with E-state index in [1.807, 2.05) is 16.7 Å². The molecule has 0 fully saturated rings. The highest BCUT2D eigenvalue weighted by Gasteiger charge is 2.18. The molecule has 3 rings (SSSR count). The Morgan fingerprint density at radius 2 is 2.12 bits per heavy atom. The van der Waals surface area contributed by atoms with Crippen LogP contribution in [0.5, 0.6) is 0 Å². The van der Waals surface area contributed by atoms with Gasteiger partial charge in [0.2, 0.25) is 0 Å². The molecule has 0 saturated carbocycles. The highest BCUT2D eigenvalue weighted by atomic mass is 16.2. The quantitative estimate of drug-likeness (QED) is 0.936. The molecule has 1 N–H and O–H groups in total. The van der Waals surface area contributed by atoms with Gasteiger partial charge in [0.15, 0.2) is 5.82 Å². The molecule has 24 heavy (non-hydrogen) atoms. The lowest BCUT2D eigenvalue weighted by Gasteiger charge is -2.22. The van der Waals surface area contributed by atoms with Crippen LogP contribution < -0.4 is 5.32 Å². The molecule has 0 atom stereocenters. The maximum atomic E-state index is 12.6. The fraction of sp³-hybridized carbons (Fsp3) is 0.500. The number of urea groups is 1. The van der Waals surface area contributed by atoms with Crippen LogP contribution in [0.25, 0.3) is 0 Å². The molecule has 2 amide bonds. The monoisotopic (exact) mass is 327 g/mol. The van der Waals surface area contributed by atoms with Crippen molar-refractivity contribution in [1.29, 1.82) is 0 Å². The van der Waals surface area contributed by atoms with Crippen LogP contribution in [0.2, 0.25) is 0 Å². The lowest BCUT2D eigenvalue weighted by atomic mass is 9.90. The van der Waals surface area contributed by atoms with E-state index in [4.69, 9.17) is 0 Å². The van der Waals surface area contributed by atoms with Gasteiger partial charge in [0.05, 0.1) is 6.54 Å². The van der Waals surface area contributed by atoms with Gasteiger partial charge in [-0.3, -0.25) is 0 Å². The molecule has 0 unspecified atom stereocenters. The molecular weight excluding hydrogens is 302 g/mol. The van der Waals surface area contributed by atoms with Crippen LogP contribution >= 0.6 is 0 Å². The van der Waals surface area contributed by atoms with Crippen molar-refractivity contribution in [2.45, 2.75) is 52.1 Å². The van der Waals surface area contributed by atoms with Crippen LogP contribution in [0.1, 0.15) is 49.7 Å². The summed E-state index contributed by atoms with van der Waals surface area (Å²) in [5.41, 5.74) is 3.59. The highest BCUT2D eigenvalue weighted by molar-refractivity contribution is 5.90. The molecule has 0 aliphatic heterocycles. The molecule has 1 aliphatic carbocycles. The lowest BCUT2D eigenvalue weighted by molar-refractivity contribution is 0.218. The molecule has 1 aromatic heterocycles. The molecular formula is C18H25N5O. The summed E-state index contributed by atoms with van der Waals surface area (Å²) in [6.07, 6.45) is 6.27. The lowest BCUT2D eigenvalue weighted by Crippen LogP contribution is -2.32. The molecule has 1 aliphatic rings. The van der Waals surface area contributed by atoms with Crippen molar-refractivity contribution < 1.29 is 4.79 Å². The van der Waals surface area contributed by atoms with Crippen molar-refractivity contribution >= 4 is 11.7 Å². The Kier molecular flexibility index (Phi) is 4.83. The van der Waals surface area contributed by atoms with Crippen molar-refractivity contribution in [1.82, 2.24) is 19.7 Å². The topological polar surface area (TPSA) is 63.1 Å². The number of nitrogens with one attached hydrogen (secondary N) is 1. The molecule has 2 aromatic rings. The van der Waals surface area contributed by atoms with E-state index in [0.717, 1.165) is 24.4 Å². The summed E-state index contributed by atoms with van der Waals surface area (Å²) < 4.78 is 1.98. The van der Waals surface area contributed by atoms with Crippen molar-refractivity contribution in [3.8, 4) is 0 Å². The molecule has 0 radical (unpaired) electrons. The molecule has 6 heteroatoms. The van der Waals surface area contributed by atoms with E-state index in [1.54, 1.807) is 18.3 Å². The fourth-order valence-corrected chi connectivity index (χ4v) is 3.20. The molecule has 128 valence electrons. The van der Waals surface area contributed by atoms with Crippen molar-refractivity contribution in [2.75, 3.05) is 12.4 Å². The van der Waals surface area contributed by atoms with Crippen LogP contribution in [-0.2, 0) is 19.4 Å². The van der Waals surface area contributed by atoms with Gasteiger partial charge in [-0.25, -0.2) is 4.79 Å². The summed E-state index contributed by atoms with van der Waals surface area (Å²) >= 11 is 0. The van der Waals surface area contributed by atoms with E-state index in [0.29, 0.717) is 6.54 Å². The minimum atomic E-state index is -0.118. The average molecular weight is 327 g/mol. The maximum Gasteiger partial charge on any atom is 0.322 e. The van der Waals surface area contributed by atoms with Gasteiger partial charge in [-0.15, -0.1) is 10.2 Å². The second kappa shape index (κ2) is 7.03. The molecule has 0 bridgehead atoms. The Bertz CT molecular complexity index is 722. The summed E-state index contributed by atoms with van der Waals surface area (Å²) in [6.45, 7) is 4.57. The first-order chi connectivity index (χ1) is 11.6. The van der Waals surface area contributed by atoms with Crippen LogP contribution in [-0.4, -0.2) is 32.7 Å². The predicted octanol–water partition coefficient (Wildman–Crippen LogP) is 3.40. The summed E-state index contributed by atoms with van der Waals surface area (Å²) in [6, 6.07) is 6.33. The minimum Gasteiger partial charge on any atom is -0.320 e. The Morgan fingerprint density at radius 3 is 2.92 bits per heavy atom. The van der Waals surface area contributed by atoms with E-state index in [9.17, 15) is 4.79 Å². The Morgan fingerprint density at radius 1 is 1.33 bits per heavy atom. The first-order valence-corrected chi connectivity index (χ1v) is 8.57. The van der Waals surface area contributed by atoms with Gasteiger partial charge in [0, 0.05) is 18.8 Å². The smallest absolute Gasteiger partial charge is 0.320 e. The van der Waals surface area contributed by atoms with Crippen molar-refractivity contribution in [3.63, 3.8) is 0 Å². The third-order valence-corrected chi connectivity index (χ3v) is 4.57. The zero-order chi connectivity index (χ0) is 17.1. The third kappa shape index (κ3) is 3.42. The number of carbonyl (C=O) groups excluding carboxylic acids is 1. The Hall–Kier alpha value is -2.37. The number of benzene rings is 1. The zero-order valence-corrected chi connectivity index (χ0v) is 14.6. The molecule has 1 aromatic carbocycles. The summed E-state index contributed by atoms with van der Waals surface area (Å²) in [4.78, 5) is 14.2. The number of anilines is 1.